The van der Waals surface area contributed by atoms with Gasteiger partial charge in [0.1, 0.15) is 0 Å². The molecule has 3 fully saturated rings. The van der Waals surface area contributed by atoms with Crippen LogP contribution in [-0.4, -0.2) is 78.9 Å². The number of benzene rings is 1. The van der Waals surface area contributed by atoms with E-state index in [2.05, 4.69) is 20.0 Å². The van der Waals surface area contributed by atoms with Gasteiger partial charge in [-0.2, -0.15) is 0 Å². The van der Waals surface area contributed by atoms with E-state index >= 15 is 0 Å². The molecule has 2 aliphatic heterocycles. The topological polar surface area (TPSA) is 55.9 Å². The molecular formula is C23H33ClN4O2. The summed E-state index contributed by atoms with van der Waals surface area (Å²) in [5.74, 6) is 1.81. The van der Waals surface area contributed by atoms with Crippen LogP contribution in [0.2, 0.25) is 5.02 Å². The summed E-state index contributed by atoms with van der Waals surface area (Å²) in [4.78, 5) is 31.6. The lowest BCUT2D eigenvalue weighted by Crippen LogP contribution is -2.53. The van der Waals surface area contributed by atoms with Gasteiger partial charge < -0.3 is 10.2 Å². The summed E-state index contributed by atoms with van der Waals surface area (Å²) in [7, 11) is 0. The van der Waals surface area contributed by atoms with Crippen LogP contribution in [0.4, 0.5) is 5.69 Å². The largest absolute Gasteiger partial charge is 0.341 e. The number of nitrogens with one attached hydrogen (secondary N) is 1. The molecule has 3 aliphatic rings. The number of anilines is 1. The third kappa shape index (κ3) is 5.54. The highest BCUT2D eigenvalue weighted by atomic mass is 35.5. The second-order valence-electron chi connectivity index (χ2n) is 9.01. The molecule has 2 saturated heterocycles. The van der Waals surface area contributed by atoms with Crippen LogP contribution in [-0.2, 0) is 9.59 Å². The third-order valence-corrected chi connectivity index (χ3v) is 7.31. The van der Waals surface area contributed by atoms with E-state index in [-0.39, 0.29) is 11.8 Å². The number of fused-ring (bicyclic) bond motifs is 1. The van der Waals surface area contributed by atoms with Gasteiger partial charge in [0.15, 0.2) is 0 Å². The Morgan fingerprint density at radius 1 is 0.900 bits per heavy atom. The number of hydrogen-bond acceptors (Lipinski definition) is 4. The average molecular weight is 433 g/mol. The van der Waals surface area contributed by atoms with Gasteiger partial charge in [-0.15, -0.1) is 0 Å². The summed E-state index contributed by atoms with van der Waals surface area (Å²) in [6, 6.07) is 7.27. The van der Waals surface area contributed by atoms with Crippen molar-refractivity contribution in [3.05, 3.63) is 29.3 Å². The number of piperazine rings is 1. The normalized spacial score (nSPS) is 25.6. The Labute approximate surface area is 184 Å². The van der Waals surface area contributed by atoms with Crippen LogP contribution >= 0.6 is 11.6 Å². The molecule has 4 rings (SSSR count). The zero-order valence-electron chi connectivity index (χ0n) is 17.7. The van der Waals surface area contributed by atoms with E-state index in [9.17, 15) is 9.59 Å². The first-order valence-corrected chi connectivity index (χ1v) is 11.7. The van der Waals surface area contributed by atoms with Crippen molar-refractivity contribution in [1.82, 2.24) is 14.7 Å². The number of carbonyl (C=O) groups excluding carboxylic acids is 2. The lowest BCUT2D eigenvalue weighted by atomic mass is 9.75. The van der Waals surface area contributed by atoms with Crippen LogP contribution in [0.5, 0.6) is 0 Å². The minimum atomic E-state index is -0.0528. The van der Waals surface area contributed by atoms with Gasteiger partial charge >= 0.3 is 0 Å². The van der Waals surface area contributed by atoms with Crippen molar-refractivity contribution in [2.24, 2.45) is 11.8 Å². The maximum absolute atomic E-state index is 12.8. The van der Waals surface area contributed by atoms with Crippen LogP contribution in [0.3, 0.4) is 0 Å². The molecule has 6 nitrogen and oxygen atoms in total. The summed E-state index contributed by atoms with van der Waals surface area (Å²) >= 11 is 6.11. The molecule has 1 aromatic rings. The highest BCUT2D eigenvalue weighted by molar-refractivity contribution is 6.33. The number of amides is 2. The maximum Gasteiger partial charge on any atom is 0.238 e. The van der Waals surface area contributed by atoms with Crippen molar-refractivity contribution in [3.63, 3.8) is 0 Å². The molecule has 0 unspecified atom stereocenters. The van der Waals surface area contributed by atoms with Gasteiger partial charge in [-0.1, -0.05) is 43.0 Å². The van der Waals surface area contributed by atoms with Crippen molar-refractivity contribution < 1.29 is 9.59 Å². The molecule has 0 bridgehead atoms. The van der Waals surface area contributed by atoms with Crippen molar-refractivity contribution in [2.45, 2.75) is 32.1 Å². The highest BCUT2D eigenvalue weighted by Crippen LogP contribution is 2.36. The zero-order chi connectivity index (χ0) is 20.9. The fourth-order valence-corrected chi connectivity index (χ4v) is 5.36. The van der Waals surface area contributed by atoms with Crippen LogP contribution in [0.1, 0.15) is 32.1 Å². The molecule has 2 amide bonds. The number of halogens is 1. The summed E-state index contributed by atoms with van der Waals surface area (Å²) in [5.41, 5.74) is 0.648. The molecule has 1 aromatic carbocycles. The first-order valence-electron chi connectivity index (χ1n) is 11.4. The summed E-state index contributed by atoms with van der Waals surface area (Å²) in [5, 5.41) is 3.43. The predicted molar refractivity (Wildman–Crippen MR) is 120 cm³/mol. The van der Waals surface area contributed by atoms with E-state index in [1.165, 1.54) is 32.1 Å². The van der Waals surface area contributed by atoms with Crippen LogP contribution in [0, 0.1) is 11.8 Å². The lowest BCUT2D eigenvalue weighted by molar-refractivity contribution is -0.136. The second kappa shape index (κ2) is 10.1. The predicted octanol–water partition coefficient (Wildman–Crippen LogP) is 2.93. The van der Waals surface area contributed by atoms with Crippen LogP contribution in [0.15, 0.2) is 24.3 Å². The summed E-state index contributed by atoms with van der Waals surface area (Å²) in [6.07, 6.45) is 6.54. The molecule has 1 N–H and O–H groups in total. The van der Waals surface area contributed by atoms with E-state index in [0.717, 1.165) is 51.1 Å². The van der Waals surface area contributed by atoms with Gasteiger partial charge in [0.05, 0.1) is 23.8 Å². The number of para-hydroxylation sites is 1. The van der Waals surface area contributed by atoms with Gasteiger partial charge in [0.2, 0.25) is 11.8 Å². The molecule has 0 spiro atoms. The van der Waals surface area contributed by atoms with E-state index < -0.39 is 0 Å². The van der Waals surface area contributed by atoms with Crippen molar-refractivity contribution in [2.75, 3.05) is 57.7 Å². The first-order chi connectivity index (χ1) is 14.6. The number of carbonyl (C=O) groups is 2. The molecule has 164 valence electrons. The molecular weight excluding hydrogens is 400 g/mol. The average Bonchev–Trinajstić information content (AvgIpc) is 2.76. The molecule has 2 heterocycles. The molecule has 7 heteroatoms. The highest BCUT2D eigenvalue weighted by Gasteiger charge is 2.33. The Hall–Kier alpha value is -1.63. The van der Waals surface area contributed by atoms with Crippen LogP contribution in [0.25, 0.3) is 0 Å². The number of hydrogen-bond donors (Lipinski definition) is 1. The van der Waals surface area contributed by atoms with Crippen LogP contribution < -0.4 is 5.32 Å². The second-order valence-corrected chi connectivity index (χ2v) is 9.42. The summed E-state index contributed by atoms with van der Waals surface area (Å²) in [6.45, 7) is 6.00. The van der Waals surface area contributed by atoms with E-state index in [1.54, 1.807) is 12.1 Å². The van der Waals surface area contributed by atoms with Crippen molar-refractivity contribution in [3.8, 4) is 0 Å². The maximum atomic E-state index is 12.8. The molecule has 1 saturated carbocycles. The standard InChI is InChI=1S/C23H33ClN4O2/c24-20-7-3-4-8-21(20)25-22(29)16-26-11-13-27(14-12-26)17-23(30)28-10-9-18-5-1-2-6-19(18)15-28/h3-4,7-8,18-19H,1-2,5-6,9-17H2,(H,25,29)/t18-,19-/m0/s1. The fraction of sp³-hybridized carbons (Fsp3) is 0.652. The quantitative estimate of drug-likeness (QED) is 0.777. The SMILES string of the molecule is O=C(CN1CCN(CC(=O)N2CC[C@@H]3CCCC[C@H]3C2)CC1)Nc1ccccc1Cl. The molecule has 2 atom stereocenters. The molecule has 1 aliphatic carbocycles. The Morgan fingerprint density at radius 2 is 1.57 bits per heavy atom. The molecule has 0 radical (unpaired) electrons. The Kier molecular flexibility index (Phi) is 7.28. The smallest absolute Gasteiger partial charge is 0.238 e. The number of likely N-dealkylation sites (tertiary alicyclic amines) is 1. The molecule has 30 heavy (non-hydrogen) atoms. The lowest BCUT2D eigenvalue weighted by Gasteiger charge is -2.42. The Bertz CT molecular complexity index is 750. The number of piperidine rings is 1. The third-order valence-electron chi connectivity index (χ3n) is 6.98. The van der Waals surface area contributed by atoms with Gasteiger partial charge in [0, 0.05) is 39.3 Å². The first kappa shape index (κ1) is 21.6. The van der Waals surface area contributed by atoms with Gasteiger partial charge in [0.25, 0.3) is 0 Å². The molecule has 0 aromatic heterocycles. The number of nitrogens with zero attached hydrogens (tertiary/aromatic N) is 3. The Balaban J connectivity index is 1.18. The van der Waals surface area contributed by atoms with Crippen molar-refractivity contribution in [1.29, 1.82) is 0 Å². The Morgan fingerprint density at radius 3 is 2.30 bits per heavy atom. The van der Waals surface area contributed by atoms with E-state index in [0.29, 0.717) is 23.8 Å². The minimum Gasteiger partial charge on any atom is -0.341 e. The van der Waals surface area contributed by atoms with Gasteiger partial charge in [-0.25, -0.2) is 0 Å². The number of rotatable bonds is 5. The summed E-state index contributed by atoms with van der Waals surface area (Å²) < 4.78 is 0. The van der Waals surface area contributed by atoms with E-state index in [4.69, 9.17) is 11.6 Å². The van der Waals surface area contributed by atoms with Gasteiger partial charge in [-0.05, 0) is 36.8 Å². The van der Waals surface area contributed by atoms with Gasteiger partial charge in [-0.3, -0.25) is 19.4 Å². The van der Waals surface area contributed by atoms with E-state index in [1.807, 2.05) is 12.1 Å². The zero-order valence-corrected chi connectivity index (χ0v) is 18.4. The van der Waals surface area contributed by atoms with Crippen molar-refractivity contribution >= 4 is 29.1 Å². The minimum absolute atomic E-state index is 0.0528. The monoisotopic (exact) mass is 432 g/mol. The fourth-order valence-electron chi connectivity index (χ4n) is 5.18.